The molecule has 1 saturated carbocycles. The Morgan fingerprint density at radius 1 is 1.31 bits per heavy atom. The number of halogens is 1. The van der Waals surface area contributed by atoms with Gasteiger partial charge in [0.15, 0.2) is 0 Å². The number of rotatable bonds is 2. The molecule has 0 atom stereocenters. The molecule has 0 aromatic carbocycles. The van der Waals surface area contributed by atoms with Gasteiger partial charge in [-0.1, -0.05) is 25.4 Å². The van der Waals surface area contributed by atoms with Crippen LogP contribution in [-0.2, 0) is 0 Å². The molecule has 88 valence electrons. The molecule has 1 N–H and O–H groups in total. The first-order valence-electron chi connectivity index (χ1n) is 5.93. The van der Waals surface area contributed by atoms with Gasteiger partial charge < -0.3 is 5.32 Å². The third-order valence-electron chi connectivity index (χ3n) is 3.42. The molecule has 0 saturated heterocycles. The Labute approximate surface area is 102 Å². The molecule has 0 bridgehead atoms. The molecule has 1 aliphatic rings. The highest BCUT2D eigenvalue weighted by molar-refractivity contribution is 6.30. The molecule has 0 spiro atoms. The zero-order valence-electron chi connectivity index (χ0n) is 9.96. The lowest BCUT2D eigenvalue weighted by atomic mass is 9.75. The van der Waals surface area contributed by atoms with E-state index >= 15 is 0 Å². The average Bonchev–Trinajstić information content (AvgIpc) is 2.24. The zero-order chi connectivity index (χ0) is 11.6. The molecule has 0 aliphatic heterocycles. The van der Waals surface area contributed by atoms with E-state index in [0.29, 0.717) is 16.5 Å². The van der Waals surface area contributed by atoms with Gasteiger partial charge in [-0.2, -0.15) is 0 Å². The van der Waals surface area contributed by atoms with Crippen LogP contribution in [0, 0.1) is 5.41 Å². The quantitative estimate of drug-likeness (QED) is 0.839. The zero-order valence-corrected chi connectivity index (χ0v) is 10.7. The van der Waals surface area contributed by atoms with Crippen LogP contribution < -0.4 is 5.32 Å². The van der Waals surface area contributed by atoms with Gasteiger partial charge >= 0.3 is 0 Å². The summed E-state index contributed by atoms with van der Waals surface area (Å²) in [4.78, 5) is 4.27. The third kappa shape index (κ3) is 3.11. The lowest BCUT2D eigenvalue weighted by Gasteiger charge is -2.34. The van der Waals surface area contributed by atoms with Crippen molar-refractivity contribution < 1.29 is 0 Å². The molecule has 0 unspecified atom stereocenters. The Kier molecular flexibility index (Phi) is 3.38. The van der Waals surface area contributed by atoms with Crippen LogP contribution >= 0.6 is 11.6 Å². The Morgan fingerprint density at radius 2 is 2.00 bits per heavy atom. The summed E-state index contributed by atoms with van der Waals surface area (Å²) in [5.41, 5.74) is 0.519. The predicted molar refractivity (Wildman–Crippen MR) is 68.9 cm³/mol. The molecule has 2 nitrogen and oxygen atoms in total. The fraction of sp³-hybridized carbons (Fsp3) is 0.615. The molecule has 1 fully saturated rings. The highest BCUT2D eigenvalue weighted by atomic mass is 35.5. The monoisotopic (exact) mass is 238 g/mol. The number of aromatic nitrogens is 1. The normalized spacial score (nSPS) is 20.7. The van der Waals surface area contributed by atoms with Gasteiger partial charge in [0.05, 0.1) is 5.02 Å². The third-order valence-corrected chi connectivity index (χ3v) is 3.64. The van der Waals surface area contributed by atoms with Crippen LogP contribution in [0.25, 0.3) is 0 Å². The summed E-state index contributed by atoms with van der Waals surface area (Å²) in [6.45, 7) is 4.70. The molecule has 1 heterocycles. The number of hydrogen-bond acceptors (Lipinski definition) is 2. The van der Waals surface area contributed by atoms with Crippen LogP contribution in [0.2, 0.25) is 5.02 Å². The van der Waals surface area contributed by atoms with Gasteiger partial charge in [-0.3, -0.25) is 0 Å². The van der Waals surface area contributed by atoms with Crippen molar-refractivity contribution in [3.63, 3.8) is 0 Å². The van der Waals surface area contributed by atoms with E-state index in [0.717, 1.165) is 5.82 Å². The number of hydrogen-bond donors (Lipinski definition) is 1. The molecule has 3 heteroatoms. The van der Waals surface area contributed by atoms with Crippen LogP contribution in [0.5, 0.6) is 0 Å². The summed E-state index contributed by atoms with van der Waals surface area (Å²) in [5.74, 6) is 0.939. The minimum atomic E-state index is 0.519. The standard InChI is InChI=1S/C13H19ClN2/c1-13(2)7-5-11(6-8-13)16-12-4-3-10(14)9-15-12/h3-4,9,11H,5-8H2,1-2H3,(H,15,16). The van der Waals surface area contributed by atoms with Gasteiger partial charge in [0, 0.05) is 12.2 Å². The molecule has 1 aromatic rings. The second-order valence-electron chi connectivity index (χ2n) is 5.44. The maximum atomic E-state index is 5.80. The lowest BCUT2D eigenvalue weighted by Crippen LogP contribution is -2.30. The summed E-state index contributed by atoms with van der Waals surface area (Å²) in [5, 5.41) is 4.17. The minimum absolute atomic E-state index is 0.519. The largest absolute Gasteiger partial charge is 0.367 e. The number of nitrogens with zero attached hydrogens (tertiary/aromatic N) is 1. The van der Waals surface area contributed by atoms with Gasteiger partial charge in [-0.15, -0.1) is 0 Å². The molecule has 0 amide bonds. The molecule has 0 radical (unpaired) electrons. The van der Waals surface area contributed by atoms with Crippen LogP contribution in [0.4, 0.5) is 5.82 Å². The number of anilines is 1. The summed E-state index contributed by atoms with van der Waals surface area (Å²) >= 11 is 5.80. The van der Waals surface area contributed by atoms with E-state index in [2.05, 4.69) is 24.1 Å². The fourth-order valence-electron chi connectivity index (χ4n) is 2.21. The van der Waals surface area contributed by atoms with E-state index in [1.165, 1.54) is 25.7 Å². The van der Waals surface area contributed by atoms with E-state index in [9.17, 15) is 0 Å². The second kappa shape index (κ2) is 4.62. The van der Waals surface area contributed by atoms with Crippen molar-refractivity contribution in [3.05, 3.63) is 23.4 Å². The van der Waals surface area contributed by atoms with Crippen LogP contribution in [0.3, 0.4) is 0 Å². The minimum Gasteiger partial charge on any atom is -0.367 e. The molecular formula is C13H19ClN2. The SMILES string of the molecule is CC1(C)CCC(Nc2ccc(Cl)cn2)CC1. The summed E-state index contributed by atoms with van der Waals surface area (Å²) in [7, 11) is 0. The van der Waals surface area contributed by atoms with Crippen molar-refractivity contribution in [2.24, 2.45) is 5.41 Å². The first kappa shape index (κ1) is 11.7. The van der Waals surface area contributed by atoms with Gasteiger partial charge in [0.1, 0.15) is 5.82 Å². The van der Waals surface area contributed by atoms with Crippen molar-refractivity contribution in [1.29, 1.82) is 0 Å². The smallest absolute Gasteiger partial charge is 0.126 e. The molecule has 1 aliphatic carbocycles. The summed E-state index contributed by atoms with van der Waals surface area (Å²) in [6.07, 6.45) is 6.74. The van der Waals surface area contributed by atoms with E-state index in [-0.39, 0.29) is 0 Å². The highest BCUT2D eigenvalue weighted by Gasteiger charge is 2.26. The van der Waals surface area contributed by atoms with E-state index in [1.54, 1.807) is 6.20 Å². The summed E-state index contributed by atoms with van der Waals surface area (Å²) < 4.78 is 0. The fourth-order valence-corrected chi connectivity index (χ4v) is 2.33. The van der Waals surface area contributed by atoms with Gasteiger partial charge in [-0.05, 0) is 43.2 Å². The van der Waals surface area contributed by atoms with Crippen LogP contribution in [0.15, 0.2) is 18.3 Å². The van der Waals surface area contributed by atoms with Crippen molar-refractivity contribution >= 4 is 17.4 Å². The Hall–Kier alpha value is -0.760. The van der Waals surface area contributed by atoms with E-state index in [4.69, 9.17) is 11.6 Å². The molecule has 16 heavy (non-hydrogen) atoms. The summed E-state index contributed by atoms with van der Waals surface area (Å²) in [6, 6.07) is 4.40. The first-order chi connectivity index (χ1) is 7.55. The highest BCUT2D eigenvalue weighted by Crippen LogP contribution is 2.35. The van der Waals surface area contributed by atoms with Crippen molar-refractivity contribution in [3.8, 4) is 0 Å². The Morgan fingerprint density at radius 3 is 2.56 bits per heavy atom. The van der Waals surface area contributed by atoms with Crippen molar-refractivity contribution in [1.82, 2.24) is 4.98 Å². The number of pyridine rings is 1. The van der Waals surface area contributed by atoms with Crippen molar-refractivity contribution in [2.45, 2.75) is 45.6 Å². The Bertz CT molecular complexity index is 335. The first-order valence-corrected chi connectivity index (χ1v) is 6.31. The van der Waals surface area contributed by atoms with Crippen molar-refractivity contribution in [2.75, 3.05) is 5.32 Å². The van der Waals surface area contributed by atoms with E-state index in [1.807, 2.05) is 12.1 Å². The van der Waals surface area contributed by atoms with Gasteiger partial charge in [0.2, 0.25) is 0 Å². The van der Waals surface area contributed by atoms with Crippen LogP contribution in [0.1, 0.15) is 39.5 Å². The second-order valence-corrected chi connectivity index (χ2v) is 5.88. The molecule has 2 rings (SSSR count). The predicted octanol–water partition coefficient (Wildman–Crippen LogP) is 4.12. The topological polar surface area (TPSA) is 24.9 Å². The van der Waals surface area contributed by atoms with Gasteiger partial charge in [0.25, 0.3) is 0 Å². The molecular weight excluding hydrogens is 220 g/mol. The maximum absolute atomic E-state index is 5.80. The average molecular weight is 239 g/mol. The van der Waals surface area contributed by atoms with Crippen LogP contribution in [-0.4, -0.2) is 11.0 Å². The Balaban J connectivity index is 1.89. The maximum Gasteiger partial charge on any atom is 0.126 e. The number of nitrogens with one attached hydrogen (secondary N) is 1. The molecule has 1 aromatic heterocycles. The van der Waals surface area contributed by atoms with E-state index < -0.39 is 0 Å². The van der Waals surface area contributed by atoms with Gasteiger partial charge in [-0.25, -0.2) is 4.98 Å². The lowest BCUT2D eigenvalue weighted by molar-refractivity contribution is 0.232.